The lowest BCUT2D eigenvalue weighted by Crippen LogP contribution is -2.25. The molecule has 1 unspecified atom stereocenters. The molecule has 0 saturated heterocycles. The molecule has 0 bridgehead atoms. The van der Waals surface area contributed by atoms with Crippen molar-refractivity contribution in [3.05, 3.63) is 33.0 Å². The monoisotopic (exact) mass is 298 g/mol. The van der Waals surface area contributed by atoms with E-state index in [1.54, 1.807) is 17.5 Å². The van der Waals surface area contributed by atoms with Crippen LogP contribution in [-0.2, 0) is 6.54 Å². The number of thiazole rings is 1. The lowest BCUT2D eigenvalue weighted by molar-refractivity contribution is 0.515. The summed E-state index contributed by atoms with van der Waals surface area (Å²) in [6, 6.07) is 0.0106. The maximum absolute atomic E-state index is 6.32. The van der Waals surface area contributed by atoms with Gasteiger partial charge in [-0.05, 0) is 19.9 Å². The van der Waals surface area contributed by atoms with E-state index in [2.05, 4.69) is 34.6 Å². The van der Waals surface area contributed by atoms with Crippen LogP contribution in [0.25, 0.3) is 0 Å². The third-order valence-electron chi connectivity index (χ3n) is 2.88. The topological polar surface area (TPSA) is 42.7 Å². The van der Waals surface area contributed by atoms with Crippen molar-refractivity contribution >= 4 is 22.9 Å². The Morgan fingerprint density at radius 1 is 1.47 bits per heavy atom. The Kier molecular flexibility index (Phi) is 4.96. The maximum Gasteiger partial charge on any atom is 0.0945 e. The van der Waals surface area contributed by atoms with E-state index >= 15 is 0 Å². The molecule has 2 aromatic rings. The average Bonchev–Trinajstić information content (AvgIpc) is 2.95. The molecule has 2 rings (SSSR count). The second-order valence-corrected chi connectivity index (χ2v) is 5.85. The van der Waals surface area contributed by atoms with E-state index in [1.165, 1.54) is 0 Å². The molecule has 0 aliphatic carbocycles. The zero-order valence-electron chi connectivity index (χ0n) is 11.5. The molecule has 1 N–H and O–H groups in total. The number of hydrogen-bond acceptors (Lipinski definition) is 4. The molecule has 2 aromatic heterocycles. The minimum atomic E-state index is 0.0106. The molecule has 1 atom stereocenters. The van der Waals surface area contributed by atoms with Gasteiger partial charge in [0.1, 0.15) is 0 Å². The Balaban J connectivity index is 2.41. The van der Waals surface area contributed by atoms with Crippen LogP contribution in [0.15, 0.2) is 11.6 Å². The summed E-state index contributed by atoms with van der Waals surface area (Å²) in [4.78, 5) is 4.58. The van der Waals surface area contributed by atoms with Crippen molar-refractivity contribution in [3.8, 4) is 0 Å². The number of nitrogens with zero attached hydrogens (tertiary/aromatic N) is 3. The number of halogens is 1. The van der Waals surface area contributed by atoms with Gasteiger partial charge in [0.05, 0.1) is 33.7 Å². The van der Waals surface area contributed by atoms with Crippen molar-refractivity contribution in [2.75, 3.05) is 6.54 Å². The maximum atomic E-state index is 6.32. The van der Waals surface area contributed by atoms with Gasteiger partial charge in [-0.3, -0.25) is 4.68 Å². The highest BCUT2D eigenvalue weighted by molar-refractivity contribution is 7.09. The van der Waals surface area contributed by atoms with E-state index in [0.29, 0.717) is 5.02 Å². The molecule has 4 nitrogen and oxygen atoms in total. The van der Waals surface area contributed by atoms with Crippen molar-refractivity contribution in [1.82, 2.24) is 20.1 Å². The zero-order valence-corrected chi connectivity index (χ0v) is 13.1. The van der Waals surface area contributed by atoms with E-state index in [-0.39, 0.29) is 6.04 Å². The molecule has 6 heteroatoms. The number of aromatic nitrogens is 3. The Morgan fingerprint density at radius 2 is 2.26 bits per heavy atom. The number of aryl methyl sites for hydroxylation is 2. The summed E-state index contributed by atoms with van der Waals surface area (Å²) in [6.45, 7) is 7.96. The van der Waals surface area contributed by atoms with E-state index < -0.39 is 0 Å². The van der Waals surface area contributed by atoms with Gasteiger partial charge in [-0.2, -0.15) is 5.10 Å². The van der Waals surface area contributed by atoms with Gasteiger partial charge in [-0.1, -0.05) is 25.4 Å². The van der Waals surface area contributed by atoms with Crippen LogP contribution in [0.4, 0.5) is 0 Å². The summed E-state index contributed by atoms with van der Waals surface area (Å²) in [5.41, 5.74) is 2.03. The van der Waals surface area contributed by atoms with E-state index in [0.717, 1.165) is 35.9 Å². The van der Waals surface area contributed by atoms with Gasteiger partial charge in [0, 0.05) is 11.9 Å². The number of hydrogen-bond donors (Lipinski definition) is 1. The Labute approximate surface area is 122 Å². The van der Waals surface area contributed by atoms with Crippen LogP contribution in [0.5, 0.6) is 0 Å². The summed E-state index contributed by atoms with van der Waals surface area (Å²) in [5.74, 6) is 0. The van der Waals surface area contributed by atoms with Gasteiger partial charge >= 0.3 is 0 Å². The number of nitrogens with one attached hydrogen (secondary N) is 1. The Bertz CT molecular complexity index is 534. The van der Waals surface area contributed by atoms with Gasteiger partial charge in [0.25, 0.3) is 0 Å². The van der Waals surface area contributed by atoms with E-state index in [1.807, 2.05) is 11.6 Å². The lowest BCUT2D eigenvalue weighted by Gasteiger charge is -2.18. The highest BCUT2D eigenvalue weighted by atomic mass is 35.5. The first-order chi connectivity index (χ1) is 9.17. The third-order valence-corrected chi connectivity index (χ3v) is 3.97. The molecular formula is C13H19ClN4S. The molecule has 104 valence electrons. The molecule has 0 aliphatic heterocycles. The first kappa shape index (κ1) is 14.5. The van der Waals surface area contributed by atoms with Gasteiger partial charge in [0.2, 0.25) is 0 Å². The summed E-state index contributed by atoms with van der Waals surface area (Å²) < 4.78 is 1.98. The van der Waals surface area contributed by atoms with Crippen LogP contribution < -0.4 is 5.32 Å². The first-order valence-electron chi connectivity index (χ1n) is 6.54. The standard InChI is InChI=1S/C13H19ClN4S/c1-4-6-18-13(10(14)7-16-18)12(15-5-2)11-8-19-9(3)17-11/h7-8,12,15H,4-6H2,1-3H3. The van der Waals surface area contributed by atoms with Crippen LogP contribution in [0.3, 0.4) is 0 Å². The van der Waals surface area contributed by atoms with Crippen LogP contribution in [-0.4, -0.2) is 21.3 Å². The SMILES string of the molecule is CCCn1ncc(Cl)c1C(NCC)c1csc(C)n1. The molecule has 0 radical (unpaired) electrons. The number of rotatable bonds is 6. The fraction of sp³-hybridized carbons (Fsp3) is 0.538. The van der Waals surface area contributed by atoms with E-state index in [9.17, 15) is 0 Å². The van der Waals surface area contributed by atoms with Crippen molar-refractivity contribution in [1.29, 1.82) is 0 Å². The molecule has 0 amide bonds. The summed E-state index contributed by atoms with van der Waals surface area (Å²) in [6.07, 6.45) is 2.75. The second-order valence-electron chi connectivity index (χ2n) is 4.38. The minimum Gasteiger partial charge on any atom is -0.304 e. The predicted molar refractivity (Wildman–Crippen MR) is 79.9 cm³/mol. The molecule has 19 heavy (non-hydrogen) atoms. The molecule has 0 aromatic carbocycles. The van der Waals surface area contributed by atoms with Gasteiger partial charge in [0.15, 0.2) is 0 Å². The summed E-state index contributed by atoms with van der Waals surface area (Å²) >= 11 is 7.98. The van der Waals surface area contributed by atoms with E-state index in [4.69, 9.17) is 11.6 Å². The Morgan fingerprint density at radius 3 is 2.84 bits per heavy atom. The van der Waals surface area contributed by atoms with Crippen LogP contribution in [0.1, 0.15) is 42.7 Å². The van der Waals surface area contributed by atoms with Crippen molar-refractivity contribution in [3.63, 3.8) is 0 Å². The molecule has 0 saturated carbocycles. The largest absolute Gasteiger partial charge is 0.304 e. The summed E-state index contributed by atoms with van der Waals surface area (Å²) in [5, 5.41) is 11.7. The van der Waals surface area contributed by atoms with Crippen LogP contribution in [0, 0.1) is 6.92 Å². The quantitative estimate of drug-likeness (QED) is 0.888. The lowest BCUT2D eigenvalue weighted by atomic mass is 10.1. The molecular weight excluding hydrogens is 280 g/mol. The molecule has 0 fully saturated rings. The highest BCUT2D eigenvalue weighted by Gasteiger charge is 2.23. The van der Waals surface area contributed by atoms with Gasteiger partial charge in [-0.25, -0.2) is 4.98 Å². The average molecular weight is 299 g/mol. The third kappa shape index (κ3) is 3.16. The van der Waals surface area contributed by atoms with Gasteiger partial charge in [-0.15, -0.1) is 11.3 Å². The second kappa shape index (κ2) is 6.50. The zero-order chi connectivity index (χ0) is 13.8. The Hall–Kier alpha value is -0.910. The van der Waals surface area contributed by atoms with Crippen LogP contribution >= 0.6 is 22.9 Å². The fourth-order valence-corrected chi connectivity index (χ4v) is 3.00. The normalized spacial score (nSPS) is 12.8. The minimum absolute atomic E-state index is 0.0106. The van der Waals surface area contributed by atoms with Gasteiger partial charge < -0.3 is 5.32 Å². The smallest absolute Gasteiger partial charge is 0.0945 e. The highest BCUT2D eigenvalue weighted by Crippen LogP contribution is 2.29. The molecule has 0 aliphatic rings. The first-order valence-corrected chi connectivity index (χ1v) is 7.79. The summed E-state index contributed by atoms with van der Waals surface area (Å²) in [7, 11) is 0. The van der Waals surface area contributed by atoms with Crippen molar-refractivity contribution in [2.45, 2.75) is 39.8 Å². The molecule has 0 spiro atoms. The van der Waals surface area contributed by atoms with Crippen molar-refractivity contribution < 1.29 is 0 Å². The van der Waals surface area contributed by atoms with Crippen LogP contribution in [0.2, 0.25) is 5.02 Å². The fourth-order valence-electron chi connectivity index (χ4n) is 2.11. The van der Waals surface area contributed by atoms with Crippen molar-refractivity contribution in [2.24, 2.45) is 0 Å². The molecule has 2 heterocycles. The predicted octanol–water partition coefficient (Wildman–Crippen LogP) is 3.41.